The van der Waals surface area contributed by atoms with Crippen LogP contribution in [0, 0.1) is 6.92 Å². The maximum absolute atomic E-state index is 12.1. The number of furan rings is 1. The molecule has 0 spiro atoms. The zero-order chi connectivity index (χ0) is 16.1. The number of hydrogen-bond donors (Lipinski definition) is 1. The summed E-state index contributed by atoms with van der Waals surface area (Å²) < 4.78 is 6.19. The fourth-order valence-electron chi connectivity index (χ4n) is 1.97. The van der Waals surface area contributed by atoms with Gasteiger partial charge in [0.25, 0.3) is 0 Å². The van der Waals surface area contributed by atoms with E-state index in [1.54, 1.807) is 24.5 Å². The molecule has 2 aromatic rings. The first-order chi connectivity index (χ1) is 10.5. The first-order valence-corrected chi connectivity index (χ1v) is 7.59. The molecular formula is C16H17BrN2O3. The number of carbonyl (C=O) groups is 2. The van der Waals surface area contributed by atoms with E-state index < -0.39 is 0 Å². The second-order valence-corrected chi connectivity index (χ2v) is 5.82. The highest BCUT2D eigenvalue weighted by molar-refractivity contribution is 9.10. The van der Waals surface area contributed by atoms with Crippen molar-refractivity contribution in [2.24, 2.45) is 0 Å². The Hall–Kier alpha value is -2.08. The zero-order valence-electron chi connectivity index (χ0n) is 12.4. The molecular weight excluding hydrogens is 348 g/mol. The van der Waals surface area contributed by atoms with Crippen LogP contribution in [0.3, 0.4) is 0 Å². The van der Waals surface area contributed by atoms with Crippen molar-refractivity contribution in [2.75, 3.05) is 11.9 Å². The van der Waals surface area contributed by atoms with E-state index in [1.807, 2.05) is 19.1 Å². The van der Waals surface area contributed by atoms with Gasteiger partial charge in [0.1, 0.15) is 12.3 Å². The smallest absolute Gasteiger partial charge is 0.244 e. The Labute approximate surface area is 137 Å². The van der Waals surface area contributed by atoms with Gasteiger partial charge in [-0.2, -0.15) is 0 Å². The summed E-state index contributed by atoms with van der Waals surface area (Å²) in [6.45, 7) is 3.62. The lowest BCUT2D eigenvalue weighted by Gasteiger charge is -2.19. The van der Waals surface area contributed by atoms with E-state index in [1.165, 1.54) is 11.8 Å². The van der Waals surface area contributed by atoms with Crippen molar-refractivity contribution in [1.29, 1.82) is 0 Å². The second-order valence-electron chi connectivity index (χ2n) is 4.97. The van der Waals surface area contributed by atoms with Crippen molar-refractivity contribution in [2.45, 2.75) is 20.4 Å². The van der Waals surface area contributed by atoms with Crippen LogP contribution in [0.25, 0.3) is 0 Å². The highest BCUT2D eigenvalue weighted by Crippen LogP contribution is 2.20. The van der Waals surface area contributed by atoms with Crippen LogP contribution in [-0.2, 0) is 16.1 Å². The molecule has 0 unspecified atom stereocenters. The normalized spacial score (nSPS) is 10.3. The first-order valence-electron chi connectivity index (χ1n) is 6.79. The number of halogens is 1. The summed E-state index contributed by atoms with van der Waals surface area (Å²) in [5, 5.41) is 2.79. The van der Waals surface area contributed by atoms with Crippen LogP contribution in [0.15, 0.2) is 45.5 Å². The van der Waals surface area contributed by atoms with Gasteiger partial charge in [0.15, 0.2) is 0 Å². The minimum atomic E-state index is -0.247. The standard InChI is InChI=1S/C16H17BrN2O3/c1-11-8-13(5-6-15(11)17)18-16(21)10-19(12(2)20)9-14-4-3-7-22-14/h3-8H,9-10H2,1-2H3,(H,18,21). The van der Waals surface area contributed by atoms with Crippen molar-refractivity contribution in [1.82, 2.24) is 4.90 Å². The Morgan fingerprint density at radius 2 is 2.09 bits per heavy atom. The van der Waals surface area contributed by atoms with E-state index in [2.05, 4.69) is 21.2 Å². The molecule has 0 fully saturated rings. The molecule has 2 amide bonds. The van der Waals surface area contributed by atoms with Gasteiger partial charge in [0.05, 0.1) is 12.8 Å². The molecule has 0 atom stereocenters. The maximum atomic E-state index is 12.1. The highest BCUT2D eigenvalue weighted by atomic mass is 79.9. The van der Waals surface area contributed by atoms with Gasteiger partial charge in [-0.15, -0.1) is 0 Å². The third kappa shape index (κ3) is 4.46. The van der Waals surface area contributed by atoms with Crippen LogP contribution in [0.1, 0.15) is 18.2 Å². The molecule has 5 nitrogen and oxygen atoms in total. The number of hydrogen-bond acceptors (Lipinski definition) is 3. The predicted octanol–water partition coefficient (Wildman–Crippen LogP) is 3.34. The van der Waals surface area contributed by atoms with Gasteiger partial charge in [0.2, 0.25) is 11.8 Å². The molecule has 0 radical (unpaired) electrons. The van der Waals surface area contributed by atoms with Crippen LogP contribution >= 0.6 is 15.9 Å². The molecule has 116 valence electrons. The van der Waals surface area contributed by atoms with Crippen LogP contribution in [0.2, 0.25) is 0 Å². The van der Waals surface area contributed by atoms with E-state index in [4.69, 9.17) is 4.42 Å². The lowest BCUT2D eigenvalue weighted by atomic mass is 10.2. The number of benzene rings is 1. The number of nitrogens with zero attached hydrogens (tertiary/aromatic N) is 1. The summed E-state index contributed by atoms with van der Waals surface area (Å²) in [7, 11) is 0. The van der Waals surface area contributed by atoms with E-state index in [0.29, 0.717) is 11.4 Å². The molecule has 0 saturated heterocycles. The molecule has 6 heteroatoms. The van der Waals surface area contributed by atoms with Gasteiger partial charge in [-0.05, 0) is 42.8 Å². The monoisotopic (exact) mass is 364 g/mol. The third-order valence-corrected chi connectivity index (χ3v) is 4.04. The molecule has 0 aliphatic heterocycles. The lowest BCUT2D eigenvalue weighted by molar-refractivity contribution is -0.133. The summed E-state index contributed by atoms with van der Waals surface area (Å²) in [4.78, 5) is 25.2. The number of anilines is 1. The number of carbonyl (C=O) groups excluding carboxylic acids is 2. The first kappa shape index (κ1) is 16.3. The number of amides is 2. The van der Waals surface area contributed by atoms with Gasteiger partial charge in [-0.1, -0.05) is 15.9 Å². The summed E-state index contributed by atoms with van der Waals surface area (Å²) in [6, 6.07) is 9.06. The Balaban J connectivity index is 1.98. The number of aryl methyl sites for hydroxylation is 1. The van der Waals surface area contributed by atoms with Crippen molar-refractivity contribution in [3.05, 3.63) is 52.4 Å². The summed E-state index contributed by atoms with van der Waals surface area (Å²) in [5.74, 6) is 0.213. The van der Waals surface area contributed by atoms with Crippen LogP contribution < -0.4 is 5.32 Å². The van der Waals surface area contributed by atoms with E-state index >= 15 is 0 Å². The van der Waals surface area contributed by atoms with Gasteiger partial charge < -0.3 is 14.6 Å². The fourth-order valence-corrected chi connectivity index (χ4v) is 2.21. The molecule has 1 N–H and O–H groups in total. The Bertz CT molecular complexity index is 668. The number of rotatable bonds is 5. The van der Waals surface area contributed by atoms with Crippen molar-refractivity contribution in [3.63, 3.8) is 0 Å². The predicted molar refractivity (Wildman–Crippen MR) is 87.3 cm³/mol. The van der Waals surface area contributed by atoms with Gasteiger partial charge >= 0.3 is 0 Å². The molecule has 0 aliphatic rings. The Morgan fingerprint density at radius 1 is 1.32 bits per heavy atom. The molecule has 2 rings (SSSR count). The third-order valence-electron chi connectivity index (χ3n) is 3.15. The molecule has 0 saturated carbocycles. The van der Waals surface area contributed by atoms with E-state index in [0.717, 1.165) is 10.0 Å². The fraction of sp³-hybridized carbons (Fsp3) is 0.250. The Kier molecular flexibility index (Phi) is 5.38. The van der Waals surface area contributed by atoms with Gasteiger partial charge in [0, 0.05) is 17.1 Å². The average molecular weight is 365 g/mol. The minimum absolute atomic E-state index is 0.0227. The molecule has 1 aromatic carbocycles. The quantitative estimate of drug-likeness (QED) is 0.884. The van der Waals surface area contributed by atoms with Gasteiger partial charge in [-0.25, -0.2) is 0 Å². The molecule has 0 aliphatic carbocycles. The van der Waals surface area contributed by atoms with Crippen molar-refractivity contribution >= 4 is 33.4 Å². The SMILES string of the molecule is CC(=O)N(CC(=O)Nc1ccc(Br)c(C)c1)Cc1ccco1. The van der Waals surface area contributed by atoms with Crippen LogP contribution in [0.5, 0.6) is 0 Å². The summed E-state index contributed by atoms with van der Waals surface area (Å²) in [6.07, 6.45) is 1.54. The molecule has 1 heterocycles. The summed E-state index contributed by atoms with van der Waals surface area (Å²) in [5.41, 5.74) is 1.73. The molecule has 0 bridgehead atoms. The van der Waals surface area contributed by atoms with Crippen molar-refractivity contribution < 1.29 is 14.0 Å². The second kappa shape index (κ2) is 7.26. The largest absolute Gasteiger partial charge is 0.467 e. The van der Waals surface area contributed by atoms with Crippen molar-refractivity contribution in [3.8, 4) is 0 Å². The summed E-state index contributed by atoms with van der Waals surface area (Å²) >= 11 is 3.41. The van der Waals surface area contributed by atoms with Crippen LogP contribution in [-0.4, -0.2) is 23.3 Å². The lowest BCUT2D eigenvalue weighted by Crippen LogP contribution is -2.36. The van der Waals surface area contributed by atoms with E-state index in [-0.39, 0.29) is 24.9 Å². The van der Waals surface area contributed by atoms with E-state index in [9.17, 15) is 9.59 Å². The Morgan fingerprint density at radius 3 is 2.68 bits per heavy atom. The van der Waals surface area contributed by atoms with Crippen LogP contribution in [0.4, 0.5) is 5.69 Å². The minimum Gasteiger partial charge on any atom is -0.467 e. The topological polar surface area (TPSA) is 62.6 Å². The van der Waals surface area contributed by atoms with Gasteiger partial charge in [-0.3, -0.25) is 9.59 Å². The maximum Gasteiger partial charge on any atom is 0.244 e. The molecule has 1 aromatic heterocycles. The molecule has 22 heavy (non-hydrogen) atoms. The zero-order valence-corrected chi connectivity index (χ0v) is 14.0. The highest BCUT2D eigenvalue weighted by Gasteiger charge is 2.15. The average Bonchev–Trinajstić information content (AvgIpc) is 2.95. The number of nitrogens with one attached hydrogen (secondary N) is 1.